The van der Waals surface area contributed by atoms with Gasteiger partial charge in [0.15, 0.2) is 5.17 Å². The molecule has 2 heterocycles. The highest BCUT2D eigenvalue weighted by Crippen LogP contribution is 2.41. The average molecular weight is 378 g/mol. The highest BCUT2D eigenvalue weighted by atomic mass is 35.5. The van der Waals surface area contributed by atoms with Crippen LogP contribution in [0, 0.1) is 0 Å². The minimum atomic E-state index is -0.174. The highest BCUT2D eigenvalue weighted by molar-refractivity contribution is 8.18. The van der Waals surface area contributed by atoms with Crippen LogP contribution >= 0.6 is 35.0 Å². The molecule has 1 N–H and O–H groups in total. The number of thioether (sulfide) groups is 1. The second-order valence-corrected chi connectivity index (χ2v) is 7.39. The summed E-state index contributed by atoms with van der Waals surface area (Å²) >= 11 is 13.4. The number of anilines is 1. The number of aliphatic imine (C=N–C) groups is 1. The van der Waals surface area contributed by atoms with Gasteiger partial charge in [0.05, 0.1) is 5.70 Å². The fourth-order valence-corrected chi connectivity index (χ4v) is 4.37. The average Bonchev–Trinajstić information content (AvgIpc) is 2.84. The Hall–Kier alpha value is -1.69. The van der Waals surface area contributed by atoms with Crippen molar-refractivity contribution in [2.24, 2.45) is 4.99 Å². The molecule has 0 bridgehead atoms. The Morgan fingerprint density at radius 3 is 2.67 bits per heavy atom. The number of nitrogens with zero attached hydrogens (tertiary/aromatic N) is 2. The number of hydrogen-bond donors (Lipinski definition) is 1. The maximum atomic E-state index is 12.8. The molecule has 3 aliphatic rings. The van der Waals surface area contributed by atoms with Crippen molar-refractivity contribution < 1.29 is 4.79 Å². The van der Waals surface area contributed by atoms with Gasteiger partial charge in [0, 0.05) is 28.8 Å². The first-order valence-electron chi connectivity index (χ1n) is 7.52. The second-order valence-electron chi connectivity index (χ2n) is 5.54. The standard InChI is InChI=1S/C17H13Cl2N3OS/c18-11-7-12(19)9-13(8-11)21-16(23)15-14(10-3-1-4-10)22-6-2-5-20-17(22)24-15/h1,3-4,7-9H,2,5-6H2,(H,21,23). The van der Waals surface area contributed by atoms with E-state index >= 15 is 0 Å². The Kier molecular flexibility index (Phi) is 4.16. The molecule has 0 saturated carbocycles. The van der Waals surface area contributed by atoms with Gasteiger partial charge in [-0.05, 0) is 42.0 Å². The number of benzene rings is 1. The van der Waals surface area contributed by atoms with Gasteiger partial charge >= 0.3 is 0 Å². The maximum absolute atomic E-state index is 12.8. The van der Waals surface area contributed by atoms with Crippen molar-refractivity contribution in [2.45, 2.75) is 6.42 Å². The molecule has 1 aromatic rings. The third-order valence-corrected chi connectivity index (χ3v) is 5.40. The van der Waals surface area contributed by atoms with E-state index in [-0.39, 0.29) is 5.91 Å². The van der Waals surface area contributed by atoms with Gasteiger partial charge in [0.2, 0.25) is 0 Å². The quantitative estimate of drug-likeness (QED) is 0.845. The number of rotatable bonds is 3. The molecule has 0 atom stereocenters. The van der Waals surface area contributed by atoms with E-state index in [4.69, 9.17) is 23.2 Å². The number of carbonyl (C=O) groups is 1. The predicted octanol–water partition coefficient (Wildman–Crippen LogP) is 4.45. The number of amidine groups is 1. The Morgan fingerprint density at radius 1 is 1.25 bits per heavy atom. The van der Waals surface area contributed by atoms with Crippen LogP contribution in [0.1, 0.15) is 6.42 Å². The molecule has 0 fully saturated rings. The molecule has 0 aromatic heterocycles. The van der Waals surface area contributed by atoms with Crippen LogP contribution in [0.5, 0.6) is 0 Å². The molecule has 2 aliphatic heterocycles. The van der Waals surface area contributed by atoms with Crippen molar-refractivity contribution >= 4 is 51.7 Å². The fraction of sp³-hybridized carbons (Fsp3) is 0.176. The van der Waals surface area contributed by atoms with Gasteiger partial charge in [0.25, 0.3) is 5.91 Å². The molecule has 0 saturated heterocycles. The third kappa shape index (κ3) is 2.88. The molecular weight excluding hydrogens is 365 g/mol. The van der Waals surface area contributed by atoms with Crippen LogP contribution in [0.3, 0.4) is 0 Å². The van der Waals surface area contributed by atoms with Crippen LogP contribution in [-0.4, -0.2) is 29.1 Å². The van der Waals surface area contributed by atoms with E-state index in [1.807, 2.05) is 18.2 Å². The van der Waals surface area contributed by atoms with Crippen molar-refractivity contribution in [1.82, 2.24) is 4.90 Å². The van der Waals surface area contributed by atoms with Crippen molar-refractivity contribution in [3.63, 3.8) is 0 Å². The summed E-state index contributed by atoms with van der Waals surface area (Å²) in [5.41, 5.74) is 2.57. The fourth-order valence-electron chi connectivity index (χ4n) is 2.75. The van der Waals surface area contributed by atoms with Crippen molar-refractivity contribution in [1.29, 1.82) is 0 Å². The monoisotopic (exact) mass is 377 g/mol. The van der Waals surface area contributed by atoms with E-state index in [0.717, 1.165) is 35.9 Å². The number of hydrogen-bond acceptors (Lipinski definition) is 4. The lowest BCUT2D eigenvalue weighted by molar-refractivity contribution is -0.112. The van der Waals surface area contributed by atoms with Crippen LogP contribution in [-0.2, 0) is 4.79 Å². The zero-order valence-corrected chi connectivity index (χ0v) is 14.9. The topological polar surface area (TPSA) is 44.7 Å². The molecule has 1 aromatic carbocycles. The van der Waals surface area contributed by atoms with E-state index in [1.165, 1.54) is 11.8 Å². The predicted molar refractivity (Wildman–Crippen MR) is 101 cm³/mol. The van der Waals surface area contributed by atoms with E-state index in [1.54, 1.807) is 18.2 Å². The zero-order valence-electron chi connectivity index (χ0n) is 12.6. The van der Waals surface area contributed by atoms with E-state index in [2.05, 4.69) is 15.2 Å². The van der Waals surface area contributed by atoms with E-state index in [9.17, 15) is 4.79 Å². The van der Waals surface area contributed by atoms with Gasteiger partial charge in [-0.25, -0.2) is 0 Å². The Bertz CT molecular complexity index is 837. The Balaban J connectivity index is 1.66. The van der Waals surface area contributed by atoms with Crippen LogP contribution in [0.25, 0.3) is 0 Å². The Labute approximate surface area is 153 Å². The Morgan fingerprint density at radius 2 is 2.00 bits per heavy atom. The van der Waals surface area contributed by atoms with Crippen LogP contribution < -0.4 is 5.32 Å². The number of allylic oxidation sites excluding steroid dienone is 3. The molecule has 1 amide bonds. The number of halogens is 2. The van der Waals surface area contributed by atoms with Crippen molar-refractivity contribution in [3.05, 3.63) is 62.6 Å². The SMILES string of the molecule is O=C(Nc1cc(Cl)cc(Cl)c1)C1=C(C2=CC=C2)N2CCCN=C2S1. The second kappa shape index (κ2) is 6.31. The molecule has 122 valence electrons. The van der Waals surface area contributed by atoms with E-state index in [0.29, 0.717) is 20.6 Å². The molecule has 4 nitrogen and oxygen atoms in total. The van der Waals surface area contributed by atoms with Gasteiger partial charge in [-0.1, -0.05) is 41.4 Å². The summed E-state index contributed by atoms with van der Waals surface area (Å²) in [4.78, 5) is 20.2. The summed E-state index contributed by atoms with van der Waals surface area (Å²) in [7, 11) is 0. The molecule has 24 heavy (non-hydrogen) atoms. The number of amides is 1. The minimum Gasteiger partial charge on any atom is -0.321 e. The molecule has 0 spiro atoms. The van der Waals surface area contributed by atoms with Gasteiger partial charge in [-0.2, -0.15) is 0 Å². The van der Waals surface area contributed by atoms with Gasteiger partial charge in [0.1, 0.15) is 4.91 Å². The van der Waals surface area contributed by atoms with Gasteiger partial charge in [-0.3, -0.25) is 9.79 Å². The molecular formula is C17H13Cl2N3OS. The highest BCUT2D eigenvalue weighted by Gasteiger charge is 2.36. The third-order valence-electron chi connectivity index (χ3n) is 3.85. The summed E-state index contributed by atoms with van der Waals surface area (Å²) in [5, 5.41) is 4.75. The van der Waals surface area contributed by atoms with Gasteiger partial charge < -0.3 is 10.2 Å². The van der Waals surface area contributed by atoms with Gasteiger partial charge in [-0.15, -0.1) is 0 Å². The summed E-state index contributed by atoms with van der Waals surface area (Å²) in [6, 6.07) is 4.99. The summed E-state index contributed by atoms with van der Waals surface area (Å²) in [6.45, 7) is 1.69. The summed E-state index contributed by atoms with van der Waals surface area (Å²) in [5.74, 6) is -0.174. The minimum absolute atomic E-state index is 0.174. The molecule has 0 radical (unpaired) electrons. The van der Waals surface area contributed by atoms with Crippen LogP contribution in [0.4, 0.5) is 5.69 Å². The molecule has 0 unspecified atom stereocenters. The lowest BCUT2D eigenvalue weighted by atomic mass is 10.0. The number of nitrogens with one attached hydrogen (secondary N) is 1. The smallest absolute Gasteiger partial charge is 0.264 e. The molecule has 4 rings (SSSR count). The number of fused-ring (bicyclic) bond motifs is 1. The maximum Gasteiger partial charge on any atom is 0.264 e. The lowest BCUT2D eigenvalue weighted by Crippen LogP contribution is -2.30. The van der Waals surface area contributed by atoms with E-state index < -0.39 is 0 Å². The lowest BCUT2D eigenvalue weighted by Gasteiger charge is -2.26. The number of carbonyl (C=O) groups excluding carboxylic acids is 1. The first-order valence-corrected chi connectivity index (χ1v) is 9.09. The summed E-state index contributed by atoms with van der Waals surface area (Å²) < 4.78 is 0. The molecule has 7 heteroatoms. The zero-order chi connectivity index (χ0) is 16.7. The van der Waals surface area contributed by atoms with Crippen molar-refractivity contribution in [2.75, 3.05) is 18.4 Å². The first kappa shape index (κ1) is 15.8. The normalized spacial score (nSPS) is 18.8. The van der Waals surface area contributed by atoms with Crippen LogP contribution in [0.2, 0.25) is 10.0 Å². The van der Waals surface area contributed by atoms with Crippen LogP contribution in [0.15, 0.2) is 57.6 Å². The molecule has 1 aliphatic carbocycles. The largest absolute Gasteiger partial charge is 0.321 e. The summed E-state index contributed by atoms with van der Waals surface area (Å²) in [6.07, 6.45) is 6.98. The van der Waals surface area contributed by atoms with Crippen molar-refractivity contribution in [3.8, 4) is 0 Å². The first-order chi connectivity index (χ1) is 11.6.